The lowest BCUT2D eigenvalue weighted by Crippen LogP contribution is -2.41. The molecule has 3 rings (SSSR count). The zero-order chi connectivity index (χ0) is 13.5. The molecule has 2 aliphatic rings. The Balaban J connectivity index is 1.89. The minimum atomic E-state index is -0.326. The molecular formula is C15H18O4. The van der Waals surface area contributed by atoms with Crippen LogP contribution in [-0.4, -0.2) is 19.9 Å². The van der Waals surface area contributed by atoms with E-state index in [4.69, 9.17) is 14.2 Å². The van der Waals surface area contributed by atoms with Gasteiger partial charge in [-0.25, -0.2) is 0 Å². The number of benzene rings is 1. The number of esters is 1. The van der Waals surface area contributed by atoms with Crippen LogP contribution in [0.3, 0.4) is 0 Å². The Kier molecular flexibility index (Phi) is 2.88. The summed E-state index contributed by atoms with van der Waals surface area (Å²) in [5, 5.41) is 0. The number of fused-ring (bicyclic) bond motifs is 1. The van der Waals surface area contributed by atoms with E-state index in [9.17, 15) is 4.79 Å². The summed E-state index contributed by atoms with van der Waals surface area (Å²) in [4.78, 5) is 12.0. The Morgan fingerprint density at radius 3 is 2.58 bits per heavy atom. The van der Waals surface area contributed by atoms with Crippen molar-refractivity contribution in [1.29, 1.82) is 0 Å². The van der Waals surface area contributed by atoms with Gasteiger partial charge >= 0.3 is 5.97 Å². The van der Waals surface area contributed by atoms with Crippen molar-refractivity contribution >= 4 is 5.97 Å². The van der Waals surface area contributed by atoms with Crippen LogP contribution in [0.1, 0.15) is 30.4 Å². The highest BCUT2D eigenvalue weighted by atomic mass is 16.7. The number of aryl methyl sites for hydroxylation is 1. The molecule has 1 aliphatic heterocycles. The second kappa shape index (κ2) is 4.44. The molecule has 19 heavy (non-hydrogen) atoms. The molecule has 1 aromatic rings. The predicted molar refractivity (Wildman–Crippen MR) is 69.3 cm³/mol. The van der Waals surface area contributed by atoms with Gasteiger partial charge in [0.2, 0.25) is 6.79 Å². The van der Waals surface area contributed by atoms with Crippen molar-refractivity contribution in [2.75, 3.05) is 13.9 Å². The zero-order valence-electron chi connectivity index (χ0n) is 11.3. The maximum atomic E-state index is 12.0. The molecule has 0 N–H and O–H groups in total. The van der Waals surface area contributed by atoms with Crippen molar-refractivity contribution in [3.63, 3.8) is 0 Å². The minimum absolute atomic E-state index is 0.0872. The molecule has 0 bridgehead atoms. The van der Waals surface area contributed by atoms with Crippen molar-refractivity contribution in [2.24, 2.45) is 5.41 Å². The fourth-order valence-corrected chi connectivity index (χ4v) is 2.91. The highest BCUT2D eigenvalue weighted by Crippen LogP contribution is 2.46. The van der Waals surface area contributed by atoms with Gasteiger partial charge in [0, 0.05) is 0 Å². The van der Waals surface area contributed by atoms with Crippen LogP contribution in [0.5, 0.6) is 11.5 Å². The number of hydrogen-bond donors (Lipinski definition) is 0. The van der Waals surface area contributed by atoms with E-state index in [1.165, 1.54) is 7.11 Å². The summed E-state index contributed by atoms with van der Waals surface area (Å²) in [5.74, 6) is 1.48. The Morgan fingerprint density at radius 2 is 2.00 bits per heavy atom. The van der Waals surface area contributed by atoms with Gasteiger partial charge in [-0.1, -0.05) is 6.42 Å². The third-order valence-corrected chi connectivity index (χ3v) is 4.29. The Labute approximate surface area is 112 Å². The number of carbonyl (C=O) groups is 1. The van der Waals surface area contributed by atoms with Crippen LogP contribution < -0.4 is 9.47 Å². The van der Waals surface area contributed by atoms with Gasteiger partial charge in [0.05, 0.1) is 12.5 Å². The number of rotatable bonds is 3. The average molecular weight is 262 g/mol. The summed E-state index contributed by atoms with van der Waals surface area (Å²) in [7, 11) is 1.47. The topological polar surface area (TPSA) is 44.8 Å². The quantitative estimate of drug-likeness (QED) is 0.785. The van der Waals surface area contributed by atoms with Gasteiger partial charge in [-0.2, -0.15) is 0 Å². The molecule has 1 heterocycles. The van der Waals surface area contributed by atoms with E-state index >= 15 is 0 Å². The second-order valence-electron chi connectivity index (χ2n) is 5.43. The van der Waals surface area contributed by atoms with Crippen LogP contribution >= 0.6 is 0 Å². The van der Waals surface area contributed by atoms with Gasteiger partial charge in [0.15, 0.2) is 11.5 Å². The molecule has 0 unspecified atom stereocenters. The van der Waals surface area contributed by atoms with E-state index in [0.717, 1.165) is 48.3 Å². The summed E-state index contributed by atoms with van der Waals surface area (Å²) in [6.45, 7) is 2.32. The normalized spacial score (nSPS) is 18.8. The first kappa shape index (κ1) is 12.3. The fourth-order valence-electron chi connectivity index (χ4n) is 2.91. The van der Waals surface area contributed by atoms with Gasteiger partial charge in [0.1, 0.15) is 0 Å². The third-order valence-electron chi connectivity index (χ3n) is 4.29. The van der Waals surface area contributed by atoms with Crippen molar-refractivity contribution in [3.05, 3.63) is 23.3 Å². The highest BCUT2D eigenvalue weighted by molar-refractivity contribution is 5.78. The maximum absolute atomic E-state index is 12.0. The van der Waals surface area contributed by atoms with Crippen molar-refractivity contribution < 1.29 is 19.0 Å². The van der Waals surface area contributed by atoms with Crippen LogP contribution in [0.2, 0.25) is 0 Å². The monoisotopic (exact) mass is 262 g/mol. The van der Waals surface area contributed by atoms with E-state index < -0.39 is 0 Å². The summed E-state index contributed by atoms with van der Waals surface area (Å²) >= 11 is 0. The van der Waals surface area contributed by atoms with Crippen LogP contribution in [-0.2, 0) is 16.0 Å². The first-order valence-corrected chi connectivity index (χ1v) is 6.62. The minimum Gasteiger partial charge on any atom is -0.469 e. The van der Waals surface area contributed by atoms with E-state index in [2.05, 4.69) is 0 Å². The number of ether oxygens (including phenoxy) is 3. The Morgan fingerprint density at radius 1 is 1.32 bits per heavy atom. The predicted octanol–water partition coefficient (Wildman–Crippen LogP) is 2.61. The van der Waals surface area contributed by atoms with Gasteiger partial charge in [-0.05, 0) is 49.4 Å². The zero-order valence-corrected chi connectivity index (χ0v) is 11.3. The smallest absolute Gasteiger partial charge is 0.312 e. The first-order chi connectivity index (χ1) is 9.14. The van der Waals surface area contributed by atoms with Gasteiger partial charge in [-0.3, -0.25) is 4.79 Å². The first-order valence-electron chi connectivity index (χ1n) is 6.62. The molecule has 4 nitrogen and oxygen atoms in total. The van der Waals surface area contributed by atoms with Gasteiger partial charge in [0.25, 0.3) is 0 Å². The van der Waals surface area contributed by atoms with Crippen LogP contribution in [0, 0.1) is 12.3 Å². The summed E-state index contributed by atoms with van der Waals surface area (Å²) < 4.78 is 15.7. The second-order valence-corrected chi connectivity index (χ2v) is 5.43. The molecule has 4 heteroatoms. The molecule has 1 fully saturated rings. The molecule has 0 saturated heterocycles. The molecule has 0 radical (unpaired) electrons. The number of hydrogen-bond acceptors (Lipinski definition) is 4. The van der Waals surface area contributed by atoms with E-state index in [1.807, 2.05) is 19.1 Å². The van der Waals surface area contributed by atoms with Crippen LogP contribution in [0.25, 0.3) is 0 Å². The molecule has 1 aliphatic carbocycles. The molecule has 0 atom stereocenters. The molecule has 1 aromatic carbocycles. The summed E-state index contributed by atoms with van der Waals surface area (Å²) in [6.07, 6.45) is 3.64. The van der Waals surface area contributed by atoms with Gasteiger partial charge in [-0.15, -0.1) is 0 Å². The molecular weight excluding hydrogens is 244 g/mol. The lowest BCUT2D eigenvalue weighted by Gasteiger charge is -2.39. The SMILES string of the molecule is COC(=O)C1(Cc2cc3c(cc2C)OCO3)CCC1. The van der Waals surface area contributed by atoms with Crippen LogP contribution in [0.15, 0.2) is 12.1 Å². The lowest BCUT2D eigenvalue weighted by atomic mass is 9.65. The van der Waals surface area contributed by atoms with Crippen molar-refractivity contribution in [3.8, 4) is 11.5 Å². The Hall–Kier alpha value is -1.71. The number of methoxy groups -OCH3 is 1. The highest BCUT2D eigenvalue weighted by Gasteiger charge is 2.45. The Bertz CT molecular complexity index is 517. The summed E-state index contributed by atoms with van der Waals surface area (Å²) in [6, 6.07) is 3.99. The average Bonchev–Trinajstić information content (AvgIpc) is 2.79. The fraction of sp³-hybridized carbons (Fsp3) is 0.533. The van der Waals surface area contributed by atoms with E-state index in [1.54, 1.807) is 0 Å². The molecule has 0 amide bonds. The molecule has 1 saturated carbocycles. The van der Waals surface area contributed by atoms with E-state index in [-0.39, 0.29) is 18.2 Å². The largest absolute Gasteiger partial charge is 0.469 e. The van der Waals surface area contributed by atoms with Gasteiger partial charge < -0.3 is 14.2 Å². The third kappa shape index (κ3) is 1.95. The van der Waals surface area contributed by atoms with E-state index in [0.29, 0.717) is 0 Å². The van der Waals surface area contributed by atoms with Crippen LogP contribution in [0.4, 0.5) is 0 Å². The lowest BCUT2D eigenvalue weighted by molar-refractivity contribution is -0.158. The molecule has 102 valence electrons. The molecule has 0 spiro atoms. The summed E-state index contributed by atoms with van der Waals surface area (Å²) in [5.41, 5.74) is 1.96. The standard InChI is InChI=1S/C15H18O4/c1-10-6-12-13(19-9-18-12)7-11(10)8-15(4-3-5-15)14(16)17-2/h6-7H,3-5,8-9H2,1-2H3. The van der Waals surface area contributed by atoms with Crippen molar-refractivity contribution in [1.82, 2.24) is 0 Å². The molecule has 0 aromatic heterocycles. The van der Waals surface area contributed by atoms with Crippen molar-refractivity contribution in [2.45, 2.75) is 32.6 Å². The number of carbonyl (C=O) groups excluding carboxylic acids is 1. The maximum Gasteiger partial charge on any atom is 0.312 e.